The SMILES string of the molecule is Nc1ccc(Sc2ccc([N+](=O)[O-])cc2Cl)c(Cl)c1. The number of nitro benzene ring substituents is 1. The first-order valence-electron chi connectivity index (χ1n) is 5.14. The molecule has 0 atom stereocenters. The Morgan fingerprint density at radius 2 is 1.63 bits per heavy atom. The third kappa shape index (κ3) is 3.32. The fourth-order valence-electron chi connectivity index (χ4n) is 1.40. The Bertz CT molecular complexity index is 650. The van der Waals surface area contributed by atoms with E-state index in [0.29, 0.717) is 20.6 Å². The third-order valence-corrected chi connectivity index (χ3v) is 4.30. The lowest BCUT2D eigenvalue weighted by Crippen LogP contribution is -1.88. The van der Waals surface area contributed by atoms with Gasteiger partial charge in [0.25, 0.3) is 5.69 Å². The fraction of sp³-hybridized carbons (Fsp3) is 0. The maximum Gasteiger partial charge on any atom is 0.270 e. The molecule has 0 aliphatic heterocycles. The van der Waals surface area contributed by atoms with Gasteiger partial charge in [-0.15, -0.1) is 0 Å². The van der Waals surface area contributed by atoms with E-state index < -0.39 is 4.92 Å². The summed E-state index contributed by atoms with van der Waals surface area (Å²) < 4.78 is 0. The fourth-order valence-corrected chi connectivity index (χ4v) is 2.82. The zero-order valence-corrected chi connectivity index (χ0v) is 11.8. The average Bonchev–Trinajstić information content (AvgIpc) is 2.34. The number of rotatable bonds is 3. The van der Waals surface area contributed by atoms with Crippen LogP contribution in [0.15, 0.2) is 46.2 Å². The van der Waals surface area contributed by atoms with Gasteiger partial charge in [0.2, 0.25) is 0 Å². The molecule has 2 N–H and O–H groups in total. The summed E-state index contributed by atoms with van der Waals surface area (Å²) in [5.74, 6) is 0. The first-order chi connectivity index (χ1) is 8.97. The molecule has 19 heavy (non-hydrogen) atoms. The van der Waals surface area contributed by atoms with Gasteiger partial charge in [0.05, 0.1) is 15.0 Å². The maximum absolute atomic E-state index is 10.6. The molecule has 0 saturated heterocycles. The summed E-state index contributed by atoms with van der Waals surface area (Å²) in [4.78, 5) is 11.6. The second-order valence-corrected chi connectivity index (χ2v) is 5.56. The van der Waals surface area contributed by atoms with E-state index >= 15 is 0 Å². The predicted octanol–water partition coefficient (Wildman–Crippen LogP) is 4.64. The summed E-state index contributed by atoms with van der Waals surface area (Å²) in [5, 5.41) is 11.4. The lowest BCUT2D eigenvalue weighted by Gasteiger charge is -2.06. The lowest BCUT2D eigenvalue weighted by atomic mass is 10.3. The number of benzene rings is 2. The minimum atomic E-state index is -0.490. The van der Waals surface area contributed by atoms with E-state index in [9.17, 15) is 10.1 Å². The van der Waals surface area contributed by atoms with Crippen molar-refractivity contribution in [3.8, 4) is 0 Å². The molecule has 0 saturated carbocycles. The highest BCUT2D eigenvalue weighted by atomic mass is 35.5. The Morgan fingerprint density at radius 1 is 1.05 bits per heavy atom. The monoisotopic (exact) mass is 314 g/mol. The first-order valence-corrected chi connectivity index (χ1v) is 6.71. The molecule has 0 aliphatic rings. The van der Waals surface area contributed by atoms with Crippen molar-refractivity contribution in [2.24, 2.45) is 0 Å². The van der Waals surface area contributed by atoms with Gasteiger partial charge in [0.15, 0.2) is 0 Å². The van der Waals surface area contributed by atoms with Gasteiger partial charge in [0, 0.05) is 27.6 Å². The predicted molar refractivity (Wildman–Crippen MR) is 78.1 cm³/mol. The molecule has 0 aliphatic carbocycles. The molecule has 2 rings (SSSR count). The molecule has 0 radical (unpaired) electrons. The van der Waals surface area contributed by atoms with Crippen molar-refractivity contribution in [2.45, 2.75) is 9.79 Å². The first kappa shape index (κ1) is 14.0. The number of halogens is 2. The van der Waals surface area contributed by atoms with E-state index in [1.165, 1.54) is 23.9 Å². The number of nitro groups is 1. The molecule has 0 amide bonds. The second kappa shape index (κ2) is 5.69. The molecule has 0 fully saturated rings. The van der Waals surface area contributed by atoms with Gasteiger partial charge < -0.3 is 5.73 Å². The van der Waals surface area contributed by atoms with Crippen molar-refractivity contribution in [1.29, 1.82) is 0 Å². The highest BCUT2D eigenvalue weighted by molar-refractivity contribution is 7.99. The zero-order valence-electron chi connectivity index (χ0n) is 9.47. The highest BCUT2D eigenvalue weighted by Crippen LogP contribution is 2.38. The van der Waals surface area contributed by atoms with Gasteiger partial charge >= 0.3 is 0 Å². The number of hydrogen-bond acceptors (Lipinski definition) is 4. The normalized spacial score (nSPS) is 10.4. The standard InChI is InChI=1S/C12H8Cl2N2O2S/c13-9-5-7(15)1-3-11(9)19-12-4-2-8(16(17)18)6-10(12)14/h1-6H,15H2. The summed E-state index contributed by atoms with van der Waals surface area (Å²) in [7, 11) is 0. The summed E-state index contributed by atoms with van der Waals surface area (Å²) in [6, 6.07) is 9.46. The quantitative estimate of drug-likeness (QED) is 0.509. The molecule has 0 spiro atoms. The molecule has 98 valence electrons. The van der Waals surface area contributed by atoms with Gasteiger partial charge in [-0.2, -0.15) is 0 Å². The minimum absolute atomic E-state index is 0.0437. The molecule has 7 heteroatoms. The molecular weight excluding hydrogens is 307 g/mol. The van der Waals surface area contributed by atoms with Crippen molar-refractivity contribution < 1.29 is 4.92 Å². The molecule has 0 unspecified atom stereocenters. The smallest absolute Gasteiger partial charge is 0.270 e. The van der Waals surface area contributed by atoms with Crippen molar-refractivity contribution >= 4 is 46.3 Å². The molecule has 2 aromatic rings. The van der Waals surface area contributed by atoms with Crippen LogP contribution in [0.1, 0.15) is 0 Å². The van der Waals surface area contributed by atoms with Crippen LogP contribution in [0, 0.1) is 10.1 Å². The van der Waals surface area contributed by atoms with Crippen molar-refractivity contribution in [1.82, 2.24) is 0 Å². The second-order valence-electron chi connectivity index (χ2n) is 3.66. The maximum atomic E-state index is 10.6. The molecule has 4 nitrogen and oxygen atoms in total. The number of nitrogens with two attached hydrogens (primary N) is 1. The summed E-state index contributed by atoms with van der Waals surface area (Å²) in [6.07, 6.45) is 0. The van der Waals surface area contributed by atoms with E-state index in [2.05, 4.69) is 0 Å². The van der Waals surface area contributed by atoms with Gasteiger partial charge in [-0.1, -0.05) is 35.0 Å². The topological polar surface area (TPSA) is 69.2 Å². The van der Waals surface area contributed by atoms with Crippen LogP contribution in [0.3, 0.4) is 0 Å². The van der Waals surface area contributed by atoms with Crippen LogP contribution in [-0.4, -0.2) is 4.92 Å². The molecule has 2 aromatic carbocycles. The van der Waals surface area contributed by atoms with Crippen LogP contribution in [0.2, 0.25) is 10.0 Å². The number of anilines is 1. The Balaban J connectivity index is 2.31. The van der Waals surface area contributed by atoms with Crippen LogP contribution in [0.5, 0.6) is 0 Å². The Morgan fingerprint density at radius 3 is 2.16 bits per heavy atom. The number of hydrogen-bond donors (Lipinski definition) is 1. The number of nitrogen functional groups attached to an aromatic ring is 1. The van der Waals surface area contributed by atoms with Crippen LogP contribution in [0.25, 0.3) is 0 Å². The molecule has 0 bridgehead atoms. The highest BCUT2D eigenvalue weighted by Gasteiger charge is 2.11. The van der Waals surface area contributed by atoms with E-state index in [1.807, 2.05) is 0 Å². The Kier molecular flexibility index (Phi) is 4.19. The van der Waals surface area contributed by atoms with Crippen molar-refractivity contribution in [3.63, 3.8) is 0 Å². The van der Waals surface area contributed by atoms with E-state index in [-0.39, 0.29) is 5.69 Å². The van der Waals surface area contributed by atoms with Crippen LogP contribution in [0.4, 0.5) is 11.4 Å². The van der Waals surface area contributed by atoms with E-state index in [4.69, 9.17) is 28.9 Å². The Labute approximate surface area is 123 Å². The van der Waals surface area contributed by atoms with E-state index in [1.54, 1.807) is 24.3 Å². The van der Waals surface area contributed by atoms with Crippen LogP contribution < -0.4 is 5.73 Å². The lowest BCUT2D eigenvalue weighted by molar-refractivity contribution is -0.384. The molecule has 0 aromatic heterocycles. The molecule has 0 heterocycles. The molecular formula is C12H8Cl2N2O2S. The zero-order chi connectivity index (χ0) is 14.0. The summed E-state index contributed by atoms with van der Waals surface area (Å²) >= 11 is 13.4. The van der Waals surface area contributed by atoms with Gasteiger partial charge in [0.1, 0.15) is 0 Å². The number of nitrogens with zero attached hydrogens (tertiary/aromatic N) is 1. The van der Waals surface area contributed by atoms with Crippen LogP contribution in [-0.2, 0) is 0 Å². The van der Waals surface area contributed by atoms with E-state index in [0.717, 1.165) is 4.90 Å². The summed E-state index contributed by atoms with van der Waals surface area (Å²) in [6.45, 7) is 0. The van der Waals surface area contributed by atoms with Crippen LogP contribution >= 0.6 is 35.0 Å². The van der Waals surface area contributed by atoms with Crippen molar-refractivity contribution in [2.75, 3.05) is 5.73 Å². The third-order valence-electron chi connectivity index (χ3n) is 2.30. The Hall–Kier alpha value is -1.43. The minimum Gasteiger partial charge on any atom is -0.399 e. The summed E-state index contributed by atoms with van der Waals surface area (Å²) in [5.41, 5.74) is 6.14. The number of non-ortho nitro benzene ring substituents is 1. The van der Waals surface area contributed by atoms with Crippen molar-refractivity contribution in [3.05, 3.63) is 56.6 Å². The van der Waals surface area contributed by atoms with Gasteiger partial charge in [-0.3, -0.25) is 10.1 Å². The van der Waals surface area contributed by atoms with Gasteiger partial charge in [-0.05, 0) is 24.3 Å². The van der Waals surface area contributed by atoms with Gasteiger partial charge in [-0.25, -0.2) is 0 Å². The largest absolute Gasteiger partial charge is 0.399 e. The average molecular weight is 315 g/mol.